The molecule has 3 rings (SSSR count). The van der Waals surface area contributed by atoms with E-state index in [1.807, 2.05) is 81.4 Å². The normalized spacial score (nSPS) is 11.8. The number of benzene rings is 3. The van der Waals surface area contributed by atoms with Gasteiger partial charge in [-0.2, -0.15) is 0 Å². The summed E-state index contributed by atoms with van der Waals surface area (Å²) in [7, 11) is -4.14. The van der Waals surface area contributed by atoms with E-state index < -0.39 is 22.5 Å². The molecular weight excluding hydrogens is 436 g/mol. The van der Waals surface area contributed by atoms with Crippen LogP contribution in [0.1, 0.15) is 30.5 Å². The van der Waals surface area contributed by atoms with E-state index in [4.69, 9.17) is 10.6 Å². The first-order valence-electron chi connectivity index (χ1n) is 10.8. The van der Waals surface area contributed by atoms with Crippen LogP contribution < -0.4 is 5.73 Å². The molecule has 0 spiro atoms. The van der Waals surface area contributed by atoms with Crippen molar-refractivity contribution in [3.8, 4) is 11.1 Å². The lowest BCUT2D eigenvalue weighted by atomic mass is 9.97. The second kappa shape index (κ2) is 10.7. The number of rotatable bonds is 10. The fourth-order valence-electron chi connectivity index (χ4n) is 3.51. The molecule has 0 fully saturated rings. The van der Waals surface area contributed by atoms with E-state index in [0.717, 1.165) is 22.3 Å². The van der Waals surface area contributed by atoms with Gasteiger partial charge in [-0.05, 0) is 53.6 Å². The number of primary amides is 1. The number of nitrogens with two attached hydrogens (primary N) is 1. The number of nitrogens with zero attached hydrogens (tertiary/aromatic N) is 1. The van der Waals surface area contributed by atoms with E-state index in [-0.39, 0.29) is 17.4 Å². The van der Waals surface area contributed by atoms with Crippen molar-refractivity contribution in [2.45, 2.75) is 38.7 Å². The summed E-state index contributed by atoms with van der Waals surface area (Å²) < 4.78 is 27.9. The molecule has 3 aromatic rings. The second-order valence-electron chi connectivity index (χ2n) is 8.48. The van der Waals surface area contributed by atoms with Crippen LogP contribution in [-0.2, 0) is 32.7 Å². The topological polar surface area (TPSA) is 89.7 Å². The van der Waals surface area contributed by atoms with Crippen LogP contribution in [0.2, 0.25) is 0 Å². The molecule has 0 aliphatic rings. The van der Waals surface area contributed by atoms with Crippen LogP contribution in [0.25, 0.3) is 11.1 Å². The van der Waals surface area contributed by atoms with Gasteiger partial charge in [0.25, 0.3) is 10.0 Å². The lowest BCUT2D eigenvalue weighted by molar-refractivity contribution is -0.133. The minimum absolute atomic E-state index is 0.00564. The fraction of sp³-hybridized carbons (Fsp3) is 0.269. The van der Waals surface area contributed by atoms with Crippen molar-refractivity contribution >= 4 is 15.9 Å². The zero-order valence-electron chi connectivity index (χ0n) is 19.2. The van der Waals surface area contributed by atoms with Crippen molar-refractivity contribution in [3.05, 3.63) is 89.5 Å². The summed E-state index contributed by atoms with van der Waals surface area (Å²) in [5.41, 5.74) is 9.87. The summed E-state index contributed by atoms with van der Waals surface area (Å²) in [6, 6.07) is 22.5. The van der Waals surface area contributed by atoms with Crippen molar-refractivity contribution in [1.29, 1.82) is 0 Å². The molecule has 7 heteroatoms. The van der Waals surface area contributed by atoms with Crippen molar-refractivity contribution in [2.24, 2.45) is 11.7 Å². The number of carbonyl (C=O) groups is 1. The molecule has 0 heterocycles. The third-order valence-electron chi connectivity index (χ3n) is 5.12. The maximum atomic E-state index is 13.6. The van der Waals surface area contributed by atoms with Crippen LogP contribution in [0, 0.1) is 12.8 Å². The predicted octanol–water partition coefficient (Wildman–Crippen LogP) is 4.47. The molecule has 0 saturated carbocycles. The molecule has 174 valence electrons. The van der Waals surface area contributed by atoms with Gasteiger partial charge in [-0.25, -0.2) is 8.42 Å². The van der Waals surface area contributed by atoms with E-state index in [1.165, 1.54) is 0 Å². The molecule has 2 N–H and O–H groups in total. The molecular formula is C26H30N2O4S. The number of amides is 1. The third kappa shape index (κ3) is 6.51. The Kier molecular flexibility index (Phi) is 8.02. The van der Waals surface area contributed by atoms with Gasteiger partial charge in [0.05, 0.1) is 11.5 Å². The van der Waals surface area contributed by atoms with Crippen molar-refractivity contribution in [2.75, 3.05) is 6.54 Å². The number of carbonyl (C=O) groups excluding carboxylic acids is 1. The first-order valence-corrected chi connectivity index (χ1v) is 12.3. The van der Waals surface area contributed by atoms with Crippen LogP contribution >= 0.6 is 0 Å². The zero-order chi connectivity index (χ0) is 24.0. The number of hydrogen-bond acceptors (Lipinski definition) is 4. The molecule has 1 amide bonds. The Morgan fingerprint density at radius 2 is 1.61 bits per heavy atom. The predicted molar refractivity (Wildman–Crippen MR) is 129 cm³/mol. The molecule has 0 saturated heterocycles. The molecule has 0 aliphatic heterocycles. The minimum atomic E-state index is -4.14. The molecule has 0 radical (unpaired) electrons. The minimum Gasteiger partial charge on any atom is -0.368 e. The Morgan fingerprint density at radius 3 is 2.21 bits per heavy atom. The smallest absolute Gasteiger partial charge is 0.265 e. The molecule has 6 nitrogen and oxygen atoms in total. The van der Waals surface area contributed by atoms with E-state index in [9.17, 15) is 13.2 Å². The number of sulfonamides is 1. The summed E-state index contributed by atoms with van der Waals surface area (Å²) in [6.45, 7) is 5.50. The third-order valence-corrected chi connectivity index (χ3v) is 6.85. The lowest BCUT2D eigenvalue weighted by Gasteiger charge is -2.23. The lowest BCUT2D eigenvalue weighted by Crippen LogP contribution is -2.38. The van der Waals surface area contributed by atoms with Crippen LogP contribution in [0.5, 0.6) is 0 Å². The summed E-state index contributed by atoms with van der Waals surface area (Å²) in [6.07, 6.45) is 0.553. The van der Waals surface area contributed by atoms with Gasteiger partial charge in [-0.3, -0.25) is 9.63 Å². The highest BCUT2D eigenvalue weighted by molar-refractivity contribution is 7.89. The van der Waals surface area contributed by atoms with Crippen molar-refractivity contribution in [1.82, 2.24) is 4.47 Å². The van der Waals surface area contributed by atoms with E-state index in [1.54, 1.807) is 12.1 Å². The highest BCUT2D eigenvalue weighted by atomic mass is 32.2. The summed E-state index contributed by atoms with van der Waals surface area (Å²) in [5, 5.41) is 0. The first-order chi connectivity index (χ1) is 15.7. The van der Waals surface area contributed by atoms with Gasteiger partial charge >= 0.3 is 0 Å². The van der Waals surface area contributed by atoms with Crippen molar-refractivity contribution < 1.29 is 18.0 Å². The maximum absolute atomic E-state index is 13.6. The molecule has 0 unspecified atom stereocenters. The molecule has 0 bridgehead atoms. The van der Waals surface area contributed by atoms with Gasteiger partial charge < -0.3 is 5.73 Å². The van der Waals surface area contributed by atoms with Crippen LogP contribution in [0.3, 0.4) is 0 Å². The number of hydrogen-bond donors (Lipinski definition) is 1. The maximum Gasteiger partial charge on any atom is 0.265 e. The monoisotopic (exact) mass is 466 g/mol. The highest BCUT2D eigenvalue weighted by Gasteiger charge is 2.30. The SMILES string of the molecule is Cc1ccc(-c2ccc(S(=O)(=O)N(CC(N)=O)OCc3ccccc3)c(CC(C)C)c2)cc1. The van der Waals surface area contributed by atoms with Crippen LogP contribution in [-0.4, -0.2) is 25.3 Å². The fourth-order valence-corrected chi connectivity index (χ4v) is 4.94. The molecule has 0 aromatic heterocycles. The Labute approximate surface area is 196 Å². The average molecular weight is 467 g/mol. The largest absolute Gasteiger partial charge is 0.368 e. The second-order valence-corrected chi connectivity index (χ2v) is 10.3. The molecule has 33 heavy (non-hydrogen) atoms. The van der Waals surface area contributed by atoms with Gasteiger partial charge in [-0.15, -0.1) is 0 Å². The van der Waals surface area contributed by atoms with Gasteiger partial charge in [0.15, 0.2) is 0 Å². The number of hydroxylamine groups is 1. The Morgan fingerprint density at radius 1 is 0.970 bits per heavy atom. The van der Waals surface area contributed by atoms with Gasteiger partial charge in [0.2, 0.25) is 5.91 Å². The highest BCUT2D eigenvalue weighted by Crippen LogP contribution is 2.29. The molecule has 3 aromatic carbocycles. The summed E-state index contributed by atoms with van der Waals surface area (Å²) in [5.74, 6) is -0.574. The first kappa shape index (κ1) is 24.6. The van der Waals surface area contributed by atoms with Gasteiger partial charge in [-0.1, -0.05) is 84.5 Å². The quantitative estimate of drug-likeness (QED) is 0.447. The summed E-state index contributed by atoms with van der Waals surface area (Å²) >= 11 is 0. The molecule has 0 aliphatic carbocycles. The Balaban J connectivity index is 1.99. The zero-order valence-corrected chi connectivity index (χ0v) is 20.0. The van der Waals surface area contributed by atoms with Gasteiger partial charge in [0, 0.05) is 0 Å². The van der Waals surface area contributed by atoms with Crippen LogP contribution in [0.4, 0.5) is 0 Å². The van der Waals surface area contributed by atoms with Crippen molar-refractivity contribution in [3.63, 3.8) is 0 Å². The van der Waals surface area contributed by atoms with Gasteiger partial charge in [0.1, 0.15) is 6.54 Å². The standard InChI is InChI=1S/C26H30N2O4S/c1-19(2)15-24-16-23(22-11-9-20(3)10-12-22)13-14-25(24)33(30,31)28(17-26(27)29)32-18-21-7-5-4-6-8-21/h4-14,16,19H,15,17-18H2,1-3H3,(H2,27,29). The van der Waals surface area contributed by atoms with Crippen LogP contribution in [0.15, 0.2) is 77.7 Å². The average Bonchev–Trinajstić information content (AvgIpc) is 2.77. The Bertz CT molecular complexity index is 1190. The van der Waals surface area contributed by atoms with E-state index in [2.05, 4.69) is 0 Å². The van der Waals surface area contributed by atoms with E-state index >= 15 is 0 Å². The van der Waals surface area contributed by atoms with E-state index in [0.29, 0.717) is 16.5 Å². The summed E-state index contributed by atoms with van der Waals surface area (Å²) in [4.78, 5) is 17.4. The molecule has 0 atom stereocenters. The Hall–Kier alpha value is -3.00. The number of aryl methyl sites for hydroxylation is 1.